The molecule has 0 fully saturated rings. The average molecular weight is 253 g/mol. The highest BCUT2D eigenvalue weighted by molar-refractivity contribution is 5.34. The quantitative estimate of drug-likeness (QED) is 0.797. The Morgan fingerprint density at radius 3 is 2.39 bits per heavy atom. The number of hydrogen-bond donors (Lipinski definition) is 0. The van der Waals surface area contributed by atoms with Crippen molar-refractivity contribution >= 4 is 0 Å². The number of alkyl halides is 2. The van der Waals surface area contributed by atoms with Gasteiger partial charge in [-0.3, -0.25) is 4.90 Å². The second kappa shape index (κ2) is 5.79. The lowest BCUT2D eigenvalue weighted by atomic mass is 9.95. The van der Waals surface area contributed by atoms with Crippen LogP contribution in [0.4, 0.5) is 8.78 Å². The molecule has 0 atom stereocenters. The van der Waals surface area contributed by atoms with E-state index < -0.39 is 6.43 Å². The zero-order valence-electron chi connectivity index (χ0n) is 11.1. The van der Waals surface area contributed by atoms with Gasteiger partial charge in [0.1, 0.15) is 0 Å². The van der Waals surface area contributed by atoms with Crippen molar-refractivity contribution in [2.24, 2.45) is 0 Å². The number of nitrogens with zero attached hydrogens (tertiary/aromatic N) is 1. The average Bonchev–Trinajstić information content (AvgIpc) is 2.50. The zero-order valence-corrected chi connectivity index (χ0v) is 11.1. The van der Waals surface area contributed by atoms with Gasteiger partial charge in [-0.2, -0.15) is 0 Å². The molecule has 3 heteroatoms. The maximum absolute atomic E-state index is 12.4. The maximum atomic E-state index is 12.4. The Bertz CT molecular complexity index is 401. The first-order valence-electron chi connectivity index (χ1n) is 6.68. The van der Waals surface area contributed by atoms with Crippen LogP contribution in [0.2, 0.25) is 0 Å². The van der Waals surface area contributed by atoms with Crippen molar-refractivity contribution in [1.29, 1.82) is 0 Å². The lowest BCUT2D eigenvalue weighted by molar-refractivity contribution is 0.0904. The number of benzene rings is 1. The molecule has 0 radical (unpaired) electrons. The van der Waals surface area contributed by atoms with Crippen molar-refractivity contribution in [3.05, 3.63) is 34.9 Å². The first-order valence-corrected chi connectivity index (χ1v) is 6.68. The molecule has 0 amide bonds. The second-order valence-electron chi connectivity index (χ2n) is 5.37. The molecule has 1 aromatic rings. The van der Waals surface area contributed by atoms with Crippen LogP contribution in [0.25, 0.3) is 0 Å². The molecule has 1 aliphatic rings. The van der Waals surface area contributed by atoms with Crippen molar-refractivity contribution in [1.82, 2.24) is 4.90 Å². The molecule has 0 bridgehead atoms. The Kier molecular flexibility index (Phi) is 4.33. The van der Waals surface area contributed by atoms with Gasteiger partial charge in [-0.05, 0) is 35.4 Å². The van der Waals surface area contributed by atoms with Gasteiger partial charge >= 0.3 is 0 Å². The molecular weight excluding hydrogens is 232 g/mol. The van der Waals surface area contributed by atoms with E-state index in [0.717, 1.165) is 25.9 Å². The molecule has 18 heavy (non-hydrogen) atoms. The fourth-order valence-corrected chi connectivity index (χ4v) is 2.53. The first kappa shape index (κ1) is 13.5. The molecule has 0 saturated heterocycles. The Hall–Kier alpha value is -0.960. The molecule has 0 spiro atoms. The lowest BCUT2D eigenvalue weighted by Crippen LogP contribution is -2.31. The van der Waals surface area contributed by atoms with E-state index in [2.05, 4.69) is 32.0 Å². The molecule has 2 rings (SSSR count). The predicted molar refractivity (Wildman–Crippen MR) is 70.4 cm³/mol. The van der Waals surface area contributed by atoms with Gasteiger partial charge in [0.15, 0.2) is 0 Å². The number of fused-ring (bicyclic) bond motifs is 1. The van der Waals surface area contributed by atoms with E-state index in [0.29, 0.717) is 5.92 Å². The van der Waals surface area contributed by atoms with Gasteiger partial charge in [-0.1, -0.05) is 32.0 Å². The Morgan fingerprint density at radius 1 is 1.11 bits per heavy atom. The number of halogens is 2. The van der Waals surface area contributed by atoms with Crippen LogP contribution < -0.4 is 0 Å². The number of rotatable bonds is 3. The summed E-state index contributed by atoms with van der Waals surface area (Å²) in [7, 11) is 0. The summed E-state index contributed by atoms with van der Waals surface area (Å²) in [5.41, 5.74) is 4.02. The molecule has 0 saturated carbocycles. The van der Waals surface area contributed by atoms with Crippen LogP contribution in [0, 0.1) is 0 Å². The largest absolute Gasteiger partial charge is 0.297 e. The van der Waals surface area contributed by atoms with Crippen molar-refractivity contribution in [2.45, 2.75) is 39.0 Å². The molecule has 0 unspecified atom stereocenters. The molecule has 1 heterocycles. The zero-order chi connectivity index (χ0) is 13.1. The minimum atomic E-state index is -2.22. The fourth-order valence-electron chi connectivity index (χ4n) is 2.53. The van der Waals surface area contributed by atoms with Crippen LogP contribution in [0.1, 0.15) is 36.5 Å². The van der Waals surface area contributed by atoms with E-state index in [9.17, 15) is 8.78 Å². The highest BCUT2D eigenvalue weighted by Crippen LogP contribution is 2.22. The van der Waals surface area contributed by atoms with Crippen LogP contribution in [-0.2, 0) is 12.8 Å². The molecule has 0 aromatic heterocycles. The minimum Gasteiger partial charge on any atom is -0.297 e. The summed E-state index contributed by atoms with van der Waals surface area (Å²) >= 11 is 0. The molecule has 100 valence electrons. The summed E-state index contributed by atoms with van der Waals surface area (Å²) < 4.78 is 24.8. The second-order valence-corrected chi connectivity index (χ2v) is 5.37. The first-order chi connectivity index (χ1) is 8.56. The molecule has 1 nitrogen and oxygen atoms in total. The number of hydrogen-bond acceptors (Lipinski definition) is 1. The third-order valence-corrected chi connectivity index (χ3v) is 3.69. The van der Waals surface area contributed by atoms with Crippen molar-refractivity contribution in [2.75, 3.05) is 19.6 Å². The van der Waals surface area contributed by atoms with Crippen LogP contribution in [0.5, 0.6) is 0 Å². The molecule has 0 N–H and O–H groups in total. The van der Waals surface area contributed by atoms with E-state index >= 15 is 0 Å². The lowest BCUT2D eigenvalue weighted by Gasteiger charge is -2.18. The Labute approximate surface area is 108 Å². The van der Waals surface area contributed by atoms with E-state index in [-0.39, 0.29) is 6.54 Å². The SMILES string of the molecule is CC(C)c1ccc2c(c1)CCN(CC(F)F)CC2. The van der Waals surface area contributed by atoms with Gasteiger partial charge in [0.05, 0.1) is 6.54 Å². The van der Waals surface area contributed by atoms with E-state index in [1.54, 1.807) is 0 Å². The third kappa shape index (κ3) is 3.29. The highest BCUT2D eigenvalue weighted by Gasteiger charge is 2.17. The summed E-state index contributed by atoms with van der Waals surface area (Å²) in [5, 5.41) is 0. The van der Waals surface area contributed by atoms with Crippen molar-refractivity contribution < 1.29 is 8.78 Å². The molecular formula is C15H21F2N. The van der Waals surface area contributed by atoms with Crippen LogP contribution in [0.3, 0.4) is 0 Å². The summed E-state index contributed by atoms with van der Waals surface area (Å²) in [6.07, 6.45) is -0.444. The smallest absolute Gasteiger partial charge is 0.251 e. The van der Waals surface area contributed by atoms with Crippen LogP contribution in [0.15, 0.2) is 18.2 Å². The van der Waals surface area contributed by atoms with Gasteiger partial charge in [0.25, 0.3) is 6.43 Å². The Balaban J connectivity index is 2.10. The fraction of sp³-hybridized carbons (Fsp3) is 0.600. The van der Waals surface area contributed by atoms with Gasteiger partial charge in [0.2, 0.25) is 0 Å². The van der Waals surface area contributed by atoms with Crippen LogP contribution in [-0.4, -0.2) is 31.0 Å². The molecule has 1 aromatic carbocycles. The highest BCUT2D eigenvalue weighted by atomic mass is 19.3. The summed E-state index contributed by atoms with van der Waals surface area (Å²) in [6, 6.07) is 6.61. The normalized spacial score (nSPS) is 17.0. The summed E-state index contributed by atoms with van der Waals surface area (Å²) in [6.45, 7) is 5.77. The van der Waals surface area contributed by atoms with Gasteiger partial charge in [-0.15, -0.1) is 0 Å². The third-order valence-electron chi connectivity index (χ3n) is 3.69. The van der Waals surface area contributed by atoms with Gasteiger partial charge in [-0.25, -0.2) is 8.78 Å². The standard InChI is InChI=1S/C15H21F2N/c1-11(2)13-4-3-12-5-7-18(10-15(16)17)8-6-14(12)9-13/h3-4,9,11,15H,5-8,10H2,1-2H3. The monoisotopic (exact) mass is 253 g/mol. The van der Waals surface area contributed by atoms with E-state index in [1.165, 1.54) is 16.7 Å². The van der Waals surface area contributed by atoms with Gasteiger partial charge < -0.3 is 0 Å². The van der Waals surface area contributed by atoms with Crippen LogP contribution >= 0.6 is 0 Å². The van der Waals surface area contributed by atoms with E-state index in [1.807, 2.05) is 4.90 Å². The van der Waals surface area contributed by atoms with Crippen molar-refractivity contribution in [3.8, 4) is 0 Å². The maximum Gasteiger partial charge on any atom is 0.251 e. The van der Waals surface area contributed by atoms with Gasteiger partial charge in [0, 0.05) is 13.1 Å². The summed E-state index contributed by atoms with van der Waals surface area (Å²) in [4.78, 5) is 1.87. The minimum absolute atomic E-state index is 0.0922. The molecule has 1 aliphatic heterocycles. The topological polar surface area (TPSA) is 3.24 Å². The predicted octanol–water partition coefficient (Wildman–Crippen LogP) is 3.48. The van der Waals surface area contributed by atoms with E-state index in [4.69, 9.17) is 0 Å². The van der Waals surface area contributed by atoms with Crippen molar-refractivity contribution in [3.63, 3.8) is 0 Å². The Morgan fingerprint density at radius 2 is 1.78 bits per heavy atom. The molecule has 0 aliphatic carbocycles. The summed E-state index contributed by atoms with van der Waals surface area (Å²) in [5.74, 6) is 0.524.